The zero-order valence-electron chi connectivity index (χ0n) is 22.3. The minimum atomic E-state index is -1.06. The summed E-state index contributed by atoms with van der Waals surface area (Å²) in [6, 6.07) is 9.91. The highest BCUT2D eigenvalue weighted by atomic mass is 35.5. The molecule has 0 fully saturated rings. The van der Waals surface area contributed by atoms with Crippen LogP contribution in [0.5, 0.6) is 0 Å². The second kappa shape index (κ2) is 12.5. The molecule has 2 amide bonds. The van der Waals surface area contributed by atoms with E-state index in [2.05, 4.69) is 15.7 Å². The SMILES string of the molecule is CCC(=O)C(CO)NC(=O)C(NC(=O)c1nn(-c2ccc(Cl)cc2Cl)c(-c2ccc(Cl)cc2)c1C)C(C)(C)C. The zero-order chi connectivity index (χ0) is 29.1. The van der Waals surface area contributed by atoms with Crippen molar-refractivity contribution in [3.63, 3.8) is 0 Å². The van der Waals surface area contributed by atoms with Gasteiger partial charge >= 0.3 is 0 Å². The molecule has 3 rings (SSSR count). The third-order valence-electron chi connectivity index (χ3n) is 6.23. The summed E-state index contributed by atoms with van der Waals surface area (Å²) in [5.41, 5.74) is 1.74. The largest absolute Gasteiger partial charge is 0.394 e. The molecular formula is C28H31Cl3N4O4. The summed E-state index contributed by atoms with van der Waals surface area (Å²) in [4.78, 5) is 38.9. The van der Waals surface area contributed by atoms with Gasteiger partial charge in [0.2, 0.25) is 5.91 Å². The van der Waals surface area contributed by atoms with Gasteiger partial charge in [0.05, 0.1) is 23.0 Å². The van der Waals surface area contributed by atoms with Gasteiger partial charge in [-0.1, -0.05) is 74.6 Å². The van der Waals surface area contributed by atoms with Gasteiger partial charge in [0, 0.05) is 27.6 Å². The van der Waals surface area contributed by atoms with Gasteiger partial charge in [-0.05, 0) is 42.7 Å². The molecule has 0 saturated carbocycles. The van der Waals surface area contributed by atoms with Crippen molar-refractivity contribution in [3.05, 3.63) is 68.8 Å². The summed E-state index contributed by atoms with van der Waals surface area (Å²) >= 11 is 18.7. The van der Waals surface area contributed by atoms with Gasteiger partial charge in [0.25, 0.3) is 5.91 Å². The van der Waals surface area contributed by atoms with Crippen LogP contribution in [0, 0.1) is 12.3 Å². The fraction of sp³-hybridized carbons (Fsp3) is 0.357. The highest BCUT2D eigenvalue weighted by Gasteiger charge is 2.36. The number of carbonyl (C=O) groups excluding carboxylic acids is 3. The predicted molar refractivity (Wildman–Crippen MR) is 154 cm³/mol. The van der Waals surface area contributed by atoms with Gasteiger partial charge < -0.3 is 15.7 Å². The standard InChI is InChI=1S/C28H31Cl3N4O4/c1-6-22(37)20(14-36)32-27(39)25(28(3,4)5)33-26(38)23-15(2)24(16-7-9-17(29)10-8-16)35(34-23)21-12-11-18(30)13-19(21)31/h7-13,20,25,36H,6,14H2,1-5H3,(H,32,39)(H,33,38). The van der Waals surface area contributed by atoms with E-state index >= 15 is 0 Å². The van der Waals surface area contributed by atoms with Crippen LogP contribution in [0.25, 0.3) is 16.9 Å². The first-order valence-electron chi connectivity index (χ1n) is 12.3. The average Bonchev–Trinajstić information content (AvgIpc) is 3.21. The van der Waals surface area contributed by atoms with Crippen LogP contribution in [0.4, 0.5) is 0 Å². The number of nitrogens with one attached hydrogen (secondary N) is 2. The van der Waals surface area contributed by atoms with Crippen molar-refractivity contribution in [1.29, 1.82) is 0 Å². The Morgan fingerprint density at radius 3 is 2.15 bits per heavy atom. The number of Topliss-reactive ketones (excluding diaryl/α,β-unsaturated/α-hetero) is 1. The molecule has 2 atom stereocenters. The number of amides is 2. The van der Waals surface area contributed by atoms with Gasteiger partial charge in [0.1, 0.15) is 12.1 Å². The summed E-state index contributed by atoms with van der Waals surface area (Å²) < 4.78 is 1.56. The molecule has 2 aromatic carbocycles. The lowest BCUT2D eigenvalue weighted by atomic mass is 9.85. The van der Waals surface area contributed by atoms with Crippen LogP contribution in [0.15, 0.2) is 42.5 Å². The van der Waals surface area contributed by atoms with Crippen molar-refractivity contribution in [2.45, 2.75) is 53.1 Å². The zero-order valence-corrected chi connectivity index (χ0v) is 24.6. The Bertz CT molecular complexity index is 1380. The van der Waals surface area contributed by atoms with Crippen molar-refractivity contribution >= 4 is 52.4 Å². The monoisotopic (exact) mass is 592 g/mol. The topological polar surface area (TPSA) is 113 Å². The number of aromatic nitrogens is 2. The highest BCUT2D eigenvalue weighted by molar-refractivity contribution is 6.35. The molecule has 39 heavy (non-hydrogen) atoms. The Morgan fingerprint density at radius 2 is 1.62 bits per heavy atom. The molecule has 11 heteroatoms. The van der Waals surface area contributed by atoms with Crippen LogP contribution in [0.3, 0.4) is 0 Å². The minimum Gasteiger partial charge on any atom is -0.394 e. The average molecular weight is 594 g/mol. The number of benzene rings is 2. The molecule has 0 saturated heterocycles. The van der Waals surface area contributed by atoms with Crippen LogP contribution >= 0.6 is 34.8 Å². The maximum atomic E-state index is 13.6. The molecule has 0 bridgehead atoms. The molecule has 2 unspecified atom stereocenters. The maximum Gasteiger partial charge on any atom is 0.272 e. The lowest BCUT2D eigenvalue weighted by Crippen LogP contribution is -2.57. The molecule has 0 aliphatic heterocycles. The van der Waals surface area contributed by atoms with E-state index in [1.807, 2.05) is 0 Å². The summed E-state index contributed by atoms with van der Waals surface area (Å²) in [6.07, 6.45) is 0.148. The van der Waals surface area contributed by atoms with Crippen LogP contribution < -0.4 is 10.6 Å². The molecule has 0 aliphatic rings. The summed E-state index contributed by atoms with van der Waals surface area (Å²) in [5.74, 6) is -1.50. The quantitative estimate of drug-likeness (QED) is 0.307. The van der Waals surface area contributed by atoms with Crippen LogP contribution in [-0.2, 0) is 9.59 Å². The fourth-order valence-electron chi connectivity index (χ4n) is 4.09. The maximum absolute atomic E-state index is 13.6. The van der Waals surface area contributed by atoms with Gasteiger partial charge in [-0.25, -0.2) is 4.68 Å². The second-order valence-corrected chi connectivity index (χ2v) is 11.5. The van der Waals surface area contributed by atoms with E-state index in [0.717, 1.165) is 5.56 Å². The number of aliphatic hydroxyl groups is 1. The lowest BCUT2D eigenvalue weighted by Gasteiger charge is -2.31. The number of aliphatic hydroxyl groups excluding tert-OH is 1. The first kappa shape index (κ1) is 30.6. The molecule has 3 aromatic rings. The van der Waals surface area contributed by atoms with E-state index in [-0.39, 0.29) is 17.9 Å². The number of hydrogen-bond donors (Lipinski definition) is 3. The van der Waals surface area contributed by atoms with Crippen molar-refractivity contribution in [3.8, 4) is 16.9 Å². The Hall–Kier alpha value is -2.91. The fourth-order valence-corrected chi connectivity index (χ4v) is 4.70. The van der Waals surface area contributed by atoms with Crippen LogP contribution in [0.1, 0.15) is 50.2 Å². The summed E-state index contributed by atoms with van der Waals surface area (Å²) in [5, 5.41) is 20.9. The molecule has 0 radical (unpaired) electrons. The minimum absolute atomic E-state index is 0.0800. The van der Waals surface area contributed by atoms with E-state index < -0.39 is 35.9 Å². The van der Waals surface area contributed by atoms with Crippen LogP contribution in [-0.4, -0.2) is 51.2 Å². The van der Waals surface area contributed by atoms with Gasteiger partial charge in [-0.15, -0.1) is 0 Å². The Kier molecular flexibility index (Phi) is 9.83. The van der Waals surface area contributed by atoms with E-state index in [4.69, 9.17) is 34.8 Å². The number of nitrogens with zero attached hydrogens (tertiary/aromatic N) is 2. The van der Waals surface area contributed by atoms with E-state index in [9.17, 15) is 19.5 Å². The van der Waals surface area contributed by atoms with E-state index in [0.29, 0.717) is 32.0 Å². The molecule has 3 N–H and O–H groups in total. The van der Waals surface area contributed by atoms with Gasteiger partial charge in [0.15, 0.2) is 11.5 Å². The Labute approximate surface area is 242 Å². The molecule has 8 nitrogen and oxygen atoms in total. The smallest absolute Gasteiger partial charge is 0.272 e. The molecule has 1 heterocycles. The first-order chi connectivity index (χ1) is 18.3. The summed E-state index contributed by atoms with van der Waals surface area (Å²) in [7, 11) is 0. The lowest BCUT2D eigenvalue weighted by molar-refractivity contribution is -0.131. The molecular weight excluding hydrogens is 563 g/mol. The number of halogens is 3. The van der Waals surface area contributed by atoms with Crippen molar-refractivity contribution in [2.75, 3.05) is 6.61 Å². The number of ketones is 1. The molecule has 0 spiro atoms. The van der Waals surface area contributed by atoms with Crippen molar-refractivity contribution < 1.29 is 19.5 Å². The molecule has 208 valence electrons. The van der Waals surface area contributed by atoms with Crippen molar-refractivity contribution in [1.82, 2.24) is 20.4 Å². The highest BCUT2D eigenvalue weighted by Crippen LogP contribution is 2.33. The Balaban J connectivity index is 2.06. The molecule has 0 aliphatic carbocycles. The normalized spacial score (nSPS) is 13.1. The van der Waals surface area contributed by atoms with Gasteiger partial charge in [-0.3, -0.25) is 14.4 Å². The van der Waals surface area contributed by atoms with Crippen molar-refractivity contribution in [2.24, 2.45) is 5.41 Å². The first-order valence-corrected chi connectivity index (χ1v) is 13.5. The molecule has 1 aromatic heterocycles. The van der Waals surface area contributed by atoms with E-state index in [1.165, 1.54) is 0 Å². The Morgan fingerprint density at radius 1 is 1.00 bits per heavy atom. The predicted octanol–water partition coefficient (Wildman–Crippen LogP) is 5.41. The third-order valence-corrected chi connectivity index (χ3v) is 7.02. The van der Waals surface area contributed by atoms with Gasteiger partial charge in [-0.2, -0.15) is 5.10 Å². The third kappa shape index (κ3) is 7.00. The number of rotatable bonds is 9. The number of carbonyl (C=O) groups is 3. The van der Waals surface area contributed by atoms with Crippen LogP contribution in [0.2, 0.25) is 15.1 Å². The van der Waals surface area contributed by atoms with E-state index in [1.54, 1.807) is 81.8 Å². The number of hydrogen-bond acceptors (Lipinski definition) is 5. The second-order valence-electron chi connectivity index (χ2n) is 10.2. The summed E-state index contributed by atoms with van der Waals surface area (Å²) in [6.45, 7) is 8.20.